The van der Waals surface area contributed by atoms with Crippen LogP contribution in [0.3, 0.4) is 0 Å². The zero-order valence-electron chi connectivity index (χ0n) is 51.4. The predicted molar refractivity (Wildman–Crippen MR) is 373 cm³/mol. The van der Waals surface area contributed by atoms with Crippen LogP contribution >= 0.6 is 34.8 Å². The van der Waals surface area contributed by atoms with Crippen molar-refractivity contribution < 1.29 is 14.2 Å². The number of ether oxygens (including phenoxy) is 3. The Morgan fingerprint density at radius 3 is 0.598 bits per heavy atom. The van der Waals surface area contributed by atoms with Crippen molar-refractivity contribution in [2.45, 2.75) is 41.5 Å². The minimum Gasteiger partial charge on any atom is -0.492 e. The highest BCUT2D eigenvalue weighted by molar-refractivity contribution is 6.54. The fraction of sp³-hybridized carbons (Fsp3) is 0.231. The molecule has 0 atom stereocenters. The smallest absolute Gasteiger partial charge is 0.119 e. The summed E-state index contributed by atoms with van der Waals surface area (Å²) in [6.45, 7) is 24.2. The molecule has 9 rings (SSSR count). The SMILES string of the molecule is CCN(CC)CCOc1ccc(/C(=C(\Cl)c2ccccc2)c2ccccc2)cc1.CCN(CC)CCOc1ccc(/C(=C(\Cl)c2ccccc2)c2ccccc2)cc1.CCN(CC)CCOc1ccc(/C(=C(\Cl)c2ccccc2)c2ccccc2)cc1. The number of halogens is 3. The van der Waals surface area contributed by atoms with Crippen LogP contribution in [-0.2, 0) is 0 Å². The van der Waals surface area contributed by atoms with Crippen molar-refractivity contribution in [1.82, 2.24) is 14.7 Å². The van der Waals surface area contributed by atoms with Gasteiger partial charge in [-0.2, -0.15) is 0 Å². The second kappa shape index (κ2) is 37.1. The number of benzene rings is 9. The normalized spacial score (nSPS) is 12.0. The standard InChI is InChI=1S/3C26H28ClNO/c3*1-3-28(4-2)19-20-29-24-17-15-22(16-18-24)25(21-11-7-5-8-12-21)26(27)23-13-9-6-10-14-23/h3*5-18H,3-4,19-20H2,1-2H3/b3*26-25-. The van der Waals surface area contributed by atoms with Crippen LogP contribution in [0.15, 0.2) is 255 Å². The molecule has 0 aliphatic heterocycles. The summed E-state index contributed by atoms with van der Waals surface area (Å²) in [5.74, 6) is 2.64. The van der Waals surface area contributed by atoms with E-state index in [4.69, 9.17) is 49.0 Å². The third-order valence-corrected chi connectivity index (χ3v) is 16.3. The van der Waals surface area contributed by atoms with Gasteiger partial charge in [-0.1, -0.05) is 295 Å². The molecule has 9 aromatic carbocycles. The highest BCUT2D eigenvalue weighted by Gasteiger charge is 2.16. The molecule has 0 amide bonds. The fourth-order valence-corrected chi connectivity index (χ4v) is 10.9. The Morgan fingerprint density at radius 1 is 0.241 bits per heavy atom. The summed E-state index contributed by atoms with van der Waals surface area (Å²) < 4.78 is 17.8. The lowest BCUT2D eigenvalue weighted by atomic mass is 9.95. The van der Waals surface area contributed by atoms with E-state index in [2.05, 4.69) is 129 Å². The van der Waals surface area contributed by atoms with E-state index in [0.717, 1.165) is 158 Å². The van der Waals surface area contributed by atoms with Crippen LogP contribution in [0.4, 0.5) is 0 Å². The summed E-state index contributed by atoms with van der Waals surface area (Å²) in [6.07, 6.45) is 0. The second-order valence-electron chi connectivity index (χ2n) is 20.5. The molecule has 0 aliphatic carbocycles. The molecular formula is C78H84Cl3N3O3. The van der Waals surface area contributed by atoms with Gasteiger partial charge in [-0.25, -0.2) is 0 Å². The molecule has 0 saturated carbocycles. The van der Waals surface area contributed by atoms with E-state index in [1.54, 1.807) is 0 Å². The fourth-order valence-electron chi connectivity index (χ4n) is 9.91. The number of hydrogen-bond donors (Lipinski definition) is 0. The minimum atomic E-state index is 0.688. The number of nitrogens with zero attached hydrogens (tertiary/aromatic N) is 3. The van der Waals surface area contributed by atoms with Crippen LogP contribution in [0, 0.1) is 0 Å². The van der Waals surface area contributed by atoms with Crippen molar-refractivity contribution in [2.75, 3.05) is 78.7 Å². The van der Waals surface area contributed by atoms with Gasteiger partial charge < -0.3 is 28.9 Å². The van der Waals surface area contributed by atoms with Gasteiger partial charge in [-0.05, 0) is 126 Å². The van der Waals surface area contributed by atoms with Crippen LogP contribution in [0.5, 0.6) is 17.2 Å². The van der Waals surface area contributed by atoms with Crippen molar-refractivity contribution in [3.63, 3.8) is 0 Å². The summed E-state index contributed by atoms with van der Waals surface area (Å²) in [5, 5.41) is 2.23. The van der Waals surface area contributed by atoms with Gasteiger partial charge in [0.05, 0.1) is 15.1 Å². The molecule has 9 heteroatoms. The number of rotatable bonds is 27. The molecule has 0 fully saturated rings. The molecule has 0 radical (unpaired) electrons. The molecule has 0 unspecified atom stereocenters. The molecule has 87 heavy (non-hydrogen) atoms. The zero-order valence-corrected chi connectivity index (χ0v) is 53.7. The van der Waals surface area contributed by atoms with Crippen molar-refractivity contribution in [3.8, 4) is 17.2 Å². The molecule has 0 N–H and O–H groups in total. The average Bonchev–Trinajstić information content (AvgIpc) is 3.68. The average molecular weight is 1220 g/mol. The minimum absolute atomic E-state index is 0.688. The molecule has 0 heterocycles. The van der Waals surface area contributed by atoms with E-state index in [1.165, 1.54) is 0 Å². The maximum atomic E-state index is 6.87. The largest absolute Gasteiger partial charge is 0.492 e. The third-order valence-electron chi connectivity index (χ3n) is 15.1. The Labute approximate surface area is 534 Å². The maximum absolute atomic E-state index is 6.87. The van der Waals surface area contributed by atoms with Crippen LogP contribution in [-0.4, -0.2) is 93.4 Å². The van der Waals surface area contributed by atoms with Gasteiger partial charge in [0.15, 0.2) is 0 Å². The van der Waals surface area contributed by atoms with E-state index in [9.17, 15) is 0 Å². The summed E-state index contributed by atoms with van der Waals surface area (Å²) in [4.78, 5) is 7.05. The topological polar surface area (TPSA) is 37.4 Å². The van der Waals surface area contributed by atoms with Gasteiger partial charge in [0.2, 0.25) is 0 Å². The lowest BCUT2D eigenvalue weighted by Crippen LogP contribution is -2.27. The molecule has 0 bridgehead atoms. The molecule has 450 valence electrons. The summed E-state index contributed by atoms with van der Waals surface area (Å²) in [7, 11) is 0. The van der Waals surface area contributed by atoms with E-state index in [1.807, 2.05) is 182 Å². The highest BCUT2D eigenvalue weighted by Crippen LogP contribution is 2.38. The van der Waals surface area contributed by atoms with Gasteiger partial charge in [0.1, 0.15) is 37.1 Å². The molecule has 0 saturated heterocycles. The van der Waals surface area contributed by atoms with Gasteiger partial charge in [-0.15, -0.1) is 0 Å². The Kier molecular flexibility index (Phi) is 28.5. The first-order chi connectivity index (χ1) is 42.7. The lowest BCUT2D eigenvalue weighted by molar-refractivity contribution is 0.223. The third kappa shape index (κ3) is 20.8. The van der Waals surface area contributed by atoms with Gasteiger partial charge in [0, 0.05) is 36.4 Å². The van der Waals surface area contributed by atoms with E-state index in [0.29, 0.717) is 19.8 Å². The summed E-state index contributed by atoms with van der Waals surface area (Å²) >= 11 is 20.6. The predicted octanol–water partition coefficient (Wildman–Crippen LogP) is 19.7. The Bertz CT molecular complexity index is 3070. The van der Waals surface area contributed by atoms with E-state index >= 15 is 0 Å². The molecule has 9 aromatic rings. The van der Waals surface area contributed by atoms with E-state index < -0.39 is 0 Å². The van der Waals surface area contributed by atoms with Crippen LogP contribution in [0.1, 0.15) is 91.6 Å². The summed E-state index contributed by atoms with van der Waals surface area (Å²) in [5.41, 5.74) is 12.6. The van der Waals surface area contributed by atoms with Gasteiger partial charge >= 0.3 is 0 Å². The monoisotopic (exact) mass is 1220 g/mol. The zero-order chi connectivity index (χ0) is 61.4. The first kappa shape index (κ1) is 66.9. The van der Waals surface area contributed by atoms with Crippen molar-refractivity contribution in [2.24, 2.45) is 0 Å². The van der Waals surface area contributed by atoms with Gasteiger partial charge in [-0.3, -0.25) is 0 Å². The Morgan fingerprint density at radius 2 is 0.414 bits per heavy atom. The van der Waals surface area contributed by atoms with Crippen molar-refractivity contribution >= 4 is 66.6 Å². The highest BCUT2D eigenvalue weighted by atomic mass is 35.5. The molecule has 0 spiro atoms. The van der Waals surface area contributed by atoms with Crippen molar-refractivity contribution in [3.05, 3.63) is 305 Å². The number of likely N-dealkylation sites (N-methyl/N-ethyl adjacent to an activating group) is 3. The van der Waals surface area contributed by atoms with Crippen LogP contribution < -0.4 is 14.2 Å². The lowest BCUT2D eigenvalue weighted by Gasteiger charge is -2.18. The second-order valence-corrected chi connectivity index (χ2v) is 21.6. The maximum Gasteiger partial charge on any atom is 0.119 e. The molecule has 0 aromatic heterocycles. The molecule has 0 aliphatic rings. The molecular weight excluding hydrogens is 1130 g/mol. The quantitative estimate of drug-likeness (QED) is 0.0478. The van der Waals surface area contributed by atoms with Crippen LogP contribution in [0.25, 0.3) is 31.8 Å². The van der Waals surface area contributed by atoms with Crippen LogP contribution in [0.2, 0.25) is 0 Å². The molecule has 6 nitrogen and oxygen atoms in total. The summed E-state index contributed by atoms with van der Waals surface area (Å²) in [6, 6.07) is 85.7. The first-order valence-corrected chi connectivity index (χ1v) is 31.7. The van der Waals surface area contributed by atoms with Gasteiger partial charge in [0.25, 0.3) is 0 Å². The van der Waals surface area contributed by atoms with Crippen molar-refractivity contribution in [1.29, 1.82) is 0 Å². The van der Waals surface area contributed by atoms with E-state index in [-0.39, 0.29) is 0 Å². The number of hydrogen-bond acceptors (Lipinski definition) is 6. The first-order valence-electron chi connectivity index (χ1n) is 30.6. The Hall–Kier alpha value is -7.65. The Balaban J connectivity index is 0.000000186.